The van der Waals surface area contributed by atoms with Gasteiger partial charge in [-0.1, -0.05) is 35.9 Å². The van der Waals surface area contributed by atoms with Crippen LogP contribution in [0.2, 0.25) is 4.34 Å². The molecule has 0 fully saturated rings. The van der Waals surface area contributed by atoms with Crippen molar-refractivity contribution in [1.82, 2.24) is 0 Å². The molecule has 0 radical (unpaired) electrons. The Labute approximate surface area is 125 Å². The normalized spacial score (nSPS) is 10.6. The Morgan fingerprint density at radius 1 is 1.00 bits per heavy atom. The summed E-state index contributed by atoms with van der Waals surface area (Å²) in [5.41, 5.74) is 2.41. The quantitative estimate of drug-likeness (QED) is 0.648. The van der Waals surface area contributed by atoms with Crippen LogP contribution >= 0.6 is 34.3 Å². The third kappa shape index (κ3) is 3.00. The summed E-state index contributed by atoms with van der Waals surface area (Å²) < 4.78 is 0.836. The van der Waals surface area contributed by atoms with Crippen LogP contribution < -0.4 is 5.32 Å². The summed E-state index contributed by atoms with van der Waals surface area (Å²) in [6.45, 7) is 0.805. The second-order valence-electron chi connectivity index (χ2n) is 4.08. The van der Waals surface area contributed by atoms with Gasteiger partial charge < -0.3 is 5.32 Å². The van der Waals surface area contributed by atoms with E-state index in [1.54, 1.807) is 22.7 Å². The van der Waals surface area contributed by atoms with Crippen LogP contribution in [0.25, 0.3) is 10.4 Å². The van der Waals surface area contributed by atoms with Gasteiger partial charge in [0.25, 0.3) is 0 Å². The molecule has 0 spiro atoms. The number of nitrogens with one attached hydrogen (secondary N) is 1. The van der Waals surface area contributed by atoms with Crippen LogP contribution in [0.4, 0.5) is 5.69 Å². The summed E-state index contributed by atoms with van der Waals surface area (Å²) in [6.07, 6.45) is 0. The number of thiophene rings is 2. The van der Waals surface area contributed by atoms with E-state index in [1.807, 2.05) is 6.07 Å². The van der Waals surface area contributed by atoms with Crippen molar-refractivity contribution >= 4 is 40.0 Å². The van der Waals surface area contributed by atoms with Crippen molar-refractivity contribution in [3.05, 3.63) is 63.1 Å². The lowest BCUT2D eigenvalue weighted by atomic mass is 10.1. The minimum absolute atomic E-state index is 0.805. The standard InChI is InChI=1S/C15H12ClNS2/c16-15-8-7-11(19-15)10-17-13-5-2-1-4-12(13)14-6-3-9-18-14/h1-9,17H,10H2. The number of anilines is 1. The van der Waals surface area contributed by atoms with Crippen molar-refractivity contribution in [2.24, 2.45) is 0 Å². The Morgan fingerprint density at radius 3 is 2.63 bits per heavy atom. The van der Waals surface area contributed by atoms with Gasteiger partial charge in [-0.2, -0.15) is 0 Å². The second kappa shape index (κ2) is 5.78. The SMILES string of the molecule is Clc1ccc(CNc2ccccc2-c2cccs2)s1. The largest absolute Gasteiger partial charge is 0.380 e. The van der Waals surface area contributed by atoms with E-state index in [-0.39, 0.29) is 0 Å². The number of rotatable bonds is 4. The number of hydrogen-bond donors (Lipinski definition) is 1. The lowest BCUT2D eigenvalue weighted by Crippen LogP contribution is -1.98. The van der Waals surface area contributed by atoms with Gasteiger partial charge in [-0.3, -0.25) is 0 Å². The fourth-order valence-electron chi connectivity index (χ4n) is 1.91. The molecule has 96 valence electrons. The minimum Gasteiger partial charge on any atom is -0.380 e. The van der Waals surface area contributed by atoms with Gasteiger partial charge in [-0.15, -0.1) is 22.7 Å². The second-order valence-corrected chi connectivity index (χ2v) is 6.83. The van der Waals surface area contributed by atoms with E-state index in [9.17, 15) is 0 Å². The van der Waals surface area contributed by atoms with E-state index in [1.165, 1.54) is 15.3 Å². The smallest absolute Gasteiger partial charge is 0.0931 e. The highest BCUT2D eigenvalue weighted by atomic mass is 35.5. The van der Waals surface area contributed by atoms with Gasteiger partial charge in [0, 0.05) is 27.5 Å². The average Bonchev–Trinajstić information content (AvgIpc) is 3.08. The van der Waals surface area contributed by atoms with Crippen LogP contribution in [0.15, 0.2) is 53.9 Å². The highest BCUT2D eigenvalue weighted by Crippen LogP contribution is 2.32. The van der Waals surface area contributed by atoms with Crippen molar-refractivity contribution in [1.29, 1.82) is 0 Å². The van der Waals surface area contributed by atoms with E-state index in [0.29, 0.717) is 0 Å². The van der Waals surface area contributed by atoms with Crippen LogP contribution in [-0.2, 0) is 6.54 Å². The van der Waals surface area contributed by atoms with Crippen LogP contribution in [0.1, 0.15) is 4.88 Å². The van der Waals surface area contributed by atoms with Crippen molar-refractivity contribution in [2.45, 2.75) is 6.54 Å². The monoisotopic (exact) mass is 305 g/mol. The predicted molar refractivity (Wildman–Crippen MR) is 86.4 cm³/mol. The number of benzene rings is 1. The first-order valence-electron chi connectivity index (χ1n) is 5.94. The Bertz CT molecular complexity index is 658. The van der Waals surface area contributed by atoms with Crippen LogP contribution in [-0.4, -0.2) is 0 Å². The molecule has 1 N–H and O–H groups in total. The Balaban J connectivity index is 1.81. The zero-order chi connectivity index (χ0) is 13.1. The molecule has 0 saturated heterocycles. The number of para-hydroxylation sites is 1. The molecule has 4 heteroatoms. The summed E-state index contributed by atoms with van der Waals surface area (Å²) in [7, 11) is 0. The maximum atomic E-state index is 5.95. The maximum Gasteiger partial charge on any atom is 0.0931 e. The summed E-state index contributed by atoms with van der Waals surface area (Å²) in [4.78, 5) is 2.53. The van der Waals surface area contributed by atoms with Gasteiger partial charge in [0.15, 0.2) is 0 Å². The molecule has 0 aliphatic rings. The van der Waals surface area contributed by atoms with E-state index >= 15 is 0 Å². The molecule has 3 rings (SSSR count). The van der Waals surface area contributed by atoms with Crippen molar-refractivity contribution in [3.8, 4) is 10.4 Å². The zero-order valence-corrected chi connectivity index (χ0v) is 12.5. The Kier molecular flexibility index (Phi) is 3.87. The zero-order valence-electron chi connectivity index (χ0n) is 10.1. The van der Waals surface area contributed by atoms with E-state index < -0.39 is 0 Å². The molecule has 0 atom stereocenters. The van der Waals surface area contributed by atoms with Crippen LogP contribution in [0.3, 0.4) is 0 Å². The molecule has 0 bridgehead atoms. The van der Waals surface area contributed by atoms with Crippen molar-refractivity contribution < 1.29 is 0 Å². The lowest BCUT2D eigenvalue weighted by Gasteiger charge is -2.10. The fourth-order valence-corrected chi connectivity index (χ4v) is 3.71. The molecule has 1 nitrogen and oxygen atoms in total. The number of halogens is 1. The van der Waals surface area contributed by atoms with Gasteiger partial charge in [0.05, 0.1) is 4.34 Å². The first kappa shape index (κ1) is 12.7. The molecule has 3 aromatic rings. The first-order chi connectivity index (χ1) is 9.33. The molecular formula is C15H12ClNS2. The topological polar surface area (TPSA) is 12.0 Å². The summed E-state index contributed by atoms with van der Waals surface area (Å²) in [5, 5.41) is 5.59. The summed E-state index contributed by atoms with van der Waals surface area (Å²) in [5.74, 6) is 0. The molecular weight excluding hydrogens is 294 g/mol. The minimum atomic E-state index is 0.805. The predicted octanol–water partition coefficient (Wildman–Crippen LogP) is 5.74. The van der Waals surface area contributed by atoms with Crippen LogP contribution in [0.5, 0.6) is 0 Å². The van der Waals surface area contributed by atoms with Gasteiger partial charge in [0.1, 0.15) is 0 Å². The molecule has 2 aromatic heterocycles. The maximum absolute atomic E-state index is 5.95. The first-order valence-corrected chi connectivity index (χ1v) is 8.01. The molecule has 0 amide bonds. The van der Waals surface area contributed by atoms with Crippen LogP contribution in [0, 0.1) is 0 Å². The van der Waals surface area contributed by atoms with E-state index in [4.69, 9.17) is 11.6 Å². The molecule has 19 heavy (non-hydrogen) atoms. The van der Waals surface area contributed by atoms with Gasteiger partial charge in [-0.05, 0) is 29.6 Å². The number of hydrogen-bond acceptors (Lipinski definition) is 3. The molecule has 1 aromatic carbocycles. The van der Waals surface area contributed by atoms with Gasteiger partial charge >= 0.3 is 0 Å². The average molecular weight is 306 g/mol. The third-order valence-electron chi connectivity index (χ3n) is 2.80. The molecule has 0 aliphatic heterocycles. The van der Waals surface area contributed by atoms with E-state index in [2.05, 4.69) is 53.2 Å². The summed E-state index contributed by atoms with van der Waals surface area (Å²) >= 11 is 9.32. The van der Waals surface area contributed by atoms with Gasteiger partial charge in [-0.25, -0.2) is 0 Å². The Morgan fingerprint density at radius 2 is 1.89 bits per heavy atom. The molecule has 0 saturated carbocycles. The molecule has 0 unspecified atom stereocenters. The Hall–Kier alpha value is -1.29. The lowest BCUT2D eigenvalue weighted by molar-refractivity contribution is 1.19. The van der Waals surface area contributed by atoms with Crippen molar-refractivity contribution in [2.75, 3.05) is 5.32 Å². The fraction of sp³-hybridized carbons (Fsp3) is 0.0667. The highest BCUT2D eigenvalue weighted by Gasteiger charge is 2.05. The van der Waals surface area contributed by atoms with Crippen molar-refractivity contribution in [3.63, 3.8) is 0 Å². The third-order valence-corrected chi connectivity index (χ3v) is 4.93. The van der Waals surface area contributed by atoms with Gasteiger partial charge in [0.2, 0.25) is 0 Å². The molecule has 2 heterocycles. The van der Waals surface area contributed by atoms with E-state index in [0.717, 1.165) is 16.6 Å². The molecule has 0 aliphatic carbocycles. The highest BCUT2D eigenvalue weighted by molar-refractivity contribution is 7.16. The summed E-state index contributed by atoms with van der Waals surface area (Å²) in [6, 6.07) is 16.6.